The van der Waals surface area contributed by atoms with E-state index in [1.807, 2.05) is 28.2 Å². The topological polar surface area (TPSA) is 65.4 Å². The van der Waals surface area contributed by atoms with Gasteiger partial charge in [-0.3, -0.25) is 0 Å². The van der Waals surface area contributed by atoms with Crippen molar-refractivity contribution < 1.29 is 19.7 Å². The Morgan fingerprint density at radius 2 is 1.18 bits per heavy atom. The average molecular weight is 387 g/mol. The molecule has 0 aromatic rings. The van der Waals surface area contributed by atoms with Gasteiger partial charge in [0.25, 0.3) is 0 Å². The van der Waals surface area contributed by atoms with Crippen molar-refractivity contribution in [3.63, 3.8) is 0 Å². The van der Waals surface area contributed by atoms with Gasteiger partial charge in [0.15, 0.2) is 0 Å². The van der Waals surface area contributed by atoms with E-state index >= 15 is 0 Å². The lowest BCUT2D eigenvalue weighted by molar-refractivity contribution is -0.181. The van der Waals surface area contributed by atoms with Crippen molar-refractivity contribution in [1.82, 2.24) is 9.80 Å². The number of hydrogen-bond acceptors (Lipinski definition) is 8. The maximum atomic E-state index is 9.54. The molecule has 0 amide bonds. The van der Waals surface area contributed by atoms with Gasteiger partial charge < -0.3 is 29.5 Å². The summed E-state index contributed by atoms with van der Waals surface area (Å²) in [4.78, 5) is 3.57. The molecule has 6 nitrogen and oxygen atoms in total. The van der Waals surface area contributed by atoms with Gasteiger partial charge in [0.05, 0.1) is 13.2 Å². The van der Waals surface area contributed by atoms with E-state index in [1.165, 1.54) is 23.5 Å². The second-order valence-corrected chi connectivity index (χ2v) is 8.47. The highest BCUT2D eigenvalue weighted by Gasteiger charge is 2.40. The highest BCUT2D eigenvalue weighted by atomic mass is 32.2. The van der Waals surface area contributed by atoms with Gasteiger partial charge in [-0.2, -0.15) is 0 Å². The smallest absolute Gasteiger partial charge is 0.139 e. The third-order valence-electron chi connectivity index (χ3n) is 2.75. The summed E-state index contributed by atoms with van der Waals surface area (Å²) in [6, 6.07) is 0. The number of aliphatic hydroxyl groups is 2. The molecule has 1 rings (SSSR count). The Bertz CT molecular complexity index is 361. The molecule has 0 radical (unpaired) electrons. The van der Waals surface area contributed by atoms with Crippen LogP contribution in [0.2, 0.25) is 0 Å². The molecule has 128 valence electrons. The molecule has 10 heteroatoms. The van der Waals surface area contributed by atoms with E-state index < -0.39 is 23.1 Å². The normalized spacial score (nSPS) is 28.3. The Morgan fingerprint density at radius 3 is 1.41 bits per heavy atom. The van der Waals surface area contributed by atoms with Crippen LogP contribution in [-0.2, 0) is 9.47 Å². The van der Waals surface area contributed by atoms with Crippen molar-refractivity contribution in [1.29, 1.82) is 0 Å². The predicted molar refractivity (Wildman–Crippen MR) is 99.2 cm³/mol. The summed E-state index contributed by atoms with van der Waals surface area (Å²) in [6.07, 6.45) is -1.07. The number of thioether (sulfide) groups is 2. The van der Waals surface area contributed by atoms with Crippen LogP contribution in [0.25, 0.3) is 0 Å². The van der Waals surface area contributed by atoms with Crippen molar-refractivity contribution in [2.75, 3.05) is 41.4 Å². The summed E-state index contributed by atoms with van der Waals surface area (Å²) in [7, 11) is 7.35. The van der Waals surface area contributed by atoms with Crippen molar-refractivity contribution in [3.05, 3.63) is 0 Å². The second kappa shape index (κ2) is 9.58. The fourth-order valence-corrected chi connectivity index (χ4v) is 3.91. The minimum absolute atomic E-state index is 0.197. The van der Waals surface area contributed by atoms with Crippen LogP contribution in [-0.4, -0.2) is 93.1 Å². The van der Waals surface area contributed by atoms with Gasteiger partial charge in [0, 0.05) is 28.2 Å². The molecule has 1 fully saturated rings. The van der Waals surface area contributed by atoms with Crippen LogP contribution in [0.3, 0.4) is 0 Å². The third-order valence-corrected chi connectivity index (χ3v) is 6.48. The van der Waals surface area contributed by atoms with Crippen LogP contribution < -0.4 is 0 Å². The SMILES string of the molecule is CN(C)C(=S)S[C@H]1O[C@H](CO)[C@H](SC(=S)N(C)C)O[C@H]1CO. The van der Waals surface area contributed by atoms with Crippen molar-refractivity contribution in [2.24, 2.45) is 0 Å². The number of aliphatic hydroxyl groups excluding tert-OH is 2. The monoisotopic (exact) mass is 386 g/mol. The molecule has 0 aromatic carbocycles. The Balaban J connectivity index is 2.75. The number of hydrogen-bond donors (Lipinski definition) is 2. The number of nitrogens with zero attached hydrogens (tertiary/aromatic N) is 2. The van der Waals surface area contributed by atoms with Gasteiger partial charge in [-0.05, 0) is 0 Å². The molecule has 4 atom stereocenters. The minimum atomic E-state index is -0.534. The fourth-order valence-electron chi connectivity index (χ4n) is 1.52. The van der Waals surface area contributed by atoms with Crippen LogP contribution in [0.15, 0.2) is 0 Å². The van der Waals surface area contributed by atoms with E-state index in [-0.39, 0.29) is 13.2 Å². The molecule has 0 spiro atoms. The van der Waals surface area contributed by atoms with E-state index in [2.05, 4.69) is 0 Å². The summed E-state index contributed by atoms with van der Waals surface area (Å²) in [6.45, 7) is -0.394. The Kier molecular flexibility index (Phi) is 8.86. The van der Waals surface area contributed by atoms with Gasteiger partial charge in [-0.15, -0.1) is 0 Å². The van der Waals surface area contributed by atoms with Crippen LogP contribution in [0, 0.1) is 0 Å². The summed E-state index contributed by atoms with van der Waals surface area (Å²) >= 11 is 13.1. The molecule has 0 saturated carbocycles. The lowest BCUT2D eigenvalue weighted by Crippen LogP contribution is -2.50. The first-order valence-electron chi connectivity index (χ1n) is 6.58. The highest BCUT2D eigenvalue weighted by molar-refractivity contribution is 8.23. The van der Waals surface area contributed by atoms with Crippen molar-refractivity contribution in [2.45, 2.75) is 23.1 Å². The number of thiocarbonyl (C=S) groups is 2. The van der Waals surface area contributed by atoms with E-state index in [1.54, 1.807) is 9.80 Å². The molecule has 0 aromatic heterocycles. The van der Waals surface area contributed by atoms with Gasteiger partial charge in [-0.25, -0.2) is 0 Å². The van der Waals surface area contributed by atoms with Gasteiger partial charge >= 0.3 is 0 Å². The number of rotatable bonds is 4. The molecule has 2 N–H and O–H groups in total. The quantitative estimate of drug-likeness (QED) is 0.670. The lowest BCUT2D eigenvalue weighted by Gasteiger charge is -2.40. The Labute approximate surface area is 150 Å². The molecule has 1 saturated heterocycles. The van der Waals surface area contributed by atoms with Crippen LogP contribution in [0.5, 0.6) is 0 Å². The fraction of sp³-hybridized carbons (Fsp3) is 0.833. The molecule has 22 heavy (non-hydrogen) atoms. The average Bonchev–Trinajstić information content (AvgIpc) is 2.47. The maximum Gasteiger partial charge on any atom is 0.139 e. The summed E-state index contributed by atoms with van der Waals surface area (Å²) in [5.74, 6) is 0. The third kappa shape index (κ3) is 5.75. The second-order valence-electron chi connectivity index (χ2n) is 5.01. The van der Waals surface area contributed by atoms with Crippen LogP contribution in [0.1, 0.15) is 0 Å². The standard InChI is InChI=1S/C12H22N2O4S4/c1-13(2)11(19)21-9-7(5-15)18-10(8(6-16)17-9)22-12(20)14(3)4/h7-10,15-16H,5-6H2,1-4H3/t7-,8+,9+,10-. The van der Waals surface area contributed by atoms with E-state index in [0.29, 0.717) is 8.64 Å². The first-order chi connectivity index (χ1) is 10.3. The van der Waals surface area contributed by atoms with Crippen LogP contribution >= 0.6 is 48.0 Å². The maximum absolute atomic E-state index is 9.54. The molecular formula is C12H22N2O4S4. The van der Waals surface area contributed by atoms with Crippen molar-refractivity contribution >= 4 is 56.6 Å². The molecule has 0 bridgehead atoms. The Hall–Kier alpha value is 0.320. The zero-order valence-corrected chi connectivity index (χ0v) is 16.2. The Morgan fingerprint density at radius 1 is 0.864 bits per heavy atom. The molecule has 0 aliphatic carbocycles. The number of ether oxygens (including phenoxy) is 2. The van der Waals surface area contributed by atoms with Gasteiger partial charge in [-0.1, -0.05) is 48.0 Å². The van der Waals surface area contributed by atoms with Crippen LogP contribution in [0.4, 0.5) is 0 Å². The highest BCUT2D eigenvalue weighted by Crippen LogP contribution is 2.34. The van der Waals surface area contributed by atoms with E-state index in [4.69, 9.17) is 33.9 Å². The van der Waals surface area contributed by atoms with Crippen molar-refractivity contribution in [3.8, 4) is 0 Å². The molecule has 1 aliphatic rings. The first-order valence-corrected chi connectivity index (χ1v) is 9.16. The summed E-state index contributed by atoms with van der Waals surface area (Å²) in [5, 5.41) is 19.1. The molecule has 0 unspecified atom stereocenters. The first kappa shape index (κ1) is 20.4. The lowest BCUT2D eigenvalue weighted by atomic mass is 10.3. The zero-order valence-electron chi connectivity index (χ0n) is 13.0. The largest absolute Gasteiger partial charge is 0.394 e. The minimum Gasteiger partial charge on any atom is -0.394 e. The van der Waals surface area contributed by atoms with Gasteiger partial charge in [0.1, 0.15) is 31.7 Å². The summed E-state index contributed by atoms with van der Waals surface area (Å²) in [5.41, 5.74) is -0.941. The predicted octanol–water partition coefficient (Wildman–Crippen LogP) is 0.567. The molecule has 1 heterocycles. The van der Waals surface area contributed by atoms with E-state index in [0.717, 1.165) is 0 Å². The van der Waals surface area contributed by atoms with Gasteiger partial charge in [0.2, 0.25) is 0 Å². The van der Waals surface area contributed by atoms with E-state index in [9.17, 15) is 10.2 Å². The molecular weight excluding hydrogens is 364 g/mol. The zero-order chi connectivity index (χ0) is 16.9. The molecule has 1 aliphatic heterocycles. The summed E-state index contributed by atoms with van der Waals surface area (Å²) < 4.78 is 13.0.